The van der Waals surface area contributed by atoms with Crippen LogP contribution in [0.5, 0.6) is 0 Å². The Hall–Kier alpha value is -1.59. The average molecular weight is 401 g/mol. The van der Waals surface area contributed by atoms with Crippen LogP contribution in [0.15, 0.2) is 29.3 Å². The van der Waals surface area contributed by atoms with Crippen molar-refractivity contribution in [2.75, 3.05) is 46.9 Å². The monoisotopic (exact) mass is 400 g/mol. The highest BCUT2D eigenvalue weighted by atomic mass is 16.5. The molecule has 0 atom stereocenters. The smallest absolute Gasteiger partial charge is 0.191 e. The number of piperidine rings is 1. The van der Waals surface area contributed by atoms with E-state index >= 15 is 0 Å². The number of hydrogen-bond acceptors (Lipinski definition) is 3. The predicted octanol–water partition coefficient (Wildman–Crippen LogP) is 3.58. The van der Waals surface area contributed by atoms with Gasteiger partial charge < -0.3 is 15.4 Å². The number of rotatable bonds is 9. The maximum atomic E-state index is 5.31. The molecule has 5 heteroatoms. The maximum absolute atomic E-state index is 5.31. The molecular formula is C24H40N4O. The van der Waals surface area contributed by atoms with E-state index < -0.39 is 0 Å². The zero-order chi connectivity index (χ0) is 20.5. The van der Waals surface area contributed by atoms with Gasteiger partial charge in [-0.1, -0.05) is 36.2 Å². The van der Waals surface area contributed by atoms with E-state index in [0.717, 1.165) is 44.5 Å². The van der Waals surface area contributed by atoms with Gasteiger partial charge in [0.2, 0.25) is 0 Å². The van der Waals surface area contributed by atoms with E-state index in [2.05, 4.69) is 51.7 Å². The van der Waals surface area contributed by atoms with Crippen LogP contribution in [0.4, 0.5) is 0 Å². The molecule has 1 aromatic carbocycles. The fourth-order valence-corrected chi connectivity index (χ4v) is 4.54. The van der Waals surface area contributed by atoms with Gasteiger partial charge >= 0.3 is 0 Å². The highest BCUT2D eigenvalue weighted by Gasteiger charge is 2.36. The topological polar surface area (TPSA) is 48.9 Å². The predicted molar refractivity (Wildman–Crippen MR) is 121 cm³/mol. The lowest BCUT2D eigenvalue weighted by atomic mass is 9.67. The summed E-state index contributed by atoms with van der Waals surface area (Å²) < 4.78 is 5.31. The molecule has 162 valence electrons. The summed E-state index contributed by atoms with van der Waals surface area (Å²) in [6, 6.07) is 8.96. The van der Waals surface area contributed by atoms with Crippen molar-refractivity contribution in [3.05, 3.63) is 35.4 Å². The van der Waals surface area contributed by atoms with Crippen molar-refractivity contribution < 1.29 is 4.74 Å². The van der Waals surface area contributed by atoms with E-state index in [1.54, 1.807) is 7.11 Å². The molecule has 2 N–H and O–H groups in total. The maximum Gasteiger partial charge on any atom is 0.191 e. The largest absolute Gasteiger partial charge is 0.385 e. The summed E-state index contributed by atoms with van der Waals surface area (Å²) in [6.07, 6.45) is 7.62. The number of guanidine groups is 1. The summed E-state index contributed by atoms with van der Waals surface area (Å²) in [5.41, 5.74) is 3.17. The Kier molecular flexibility index (Phi) is 8.37. The van der Waals surface area contributed by atoms with Crippen molar-refractivity contribution in [3.8, 4) is 0 Å². The third kappa shape index (κ3) is 6.71. The standard InChI is InChI=1S/C24H40N4O/c1-20-5-7-22(8-6-20)18-28-14-9-21(10-15-28)17-26-23(25-2)27-19-24(11-4-12-24)13-16-29-3/h5-8,21H,4,9-19H2,1-3H3,(H2,25,26,27). The van der Waals surface area contributed by atoms with Gasteiger partial charge in [0.1, 0.15) is 0 Å². The van der Waals surface area contributed by atoms with E-state index in [1.165, 1.54) is 56.3 Å². The summed E-state index contributed by atoms with van der Waals surface area (Å²) in [5, 5.41) is 7.16. The first kappa shape index (κ1) is 22.1. The minimum Gasteiger partial charge on any atom is -0.385 e. The molecular weight excluding hydrogens is 360 g/mol. The number of nitrogens with one attached hydrogen (secondary N) is 2. The molecule has 1 heterocycles. The lowest BCUT2D eigenvalue weighted by molar-refractivity contribution is 0.0732. The summed E-state index contributed by atoms with van der Waals surface area (Å²) in [5.74, 6) is 1.68. The second kappa shape index (κ2) is 11.0. The fraction of sp³-hybridized carbons (Fsp3) is 0.708. The number of nitrogens with zero attached hydrogens (tertiary/aromatic N) is 2. The molecule has 0 bridgehead atoms. The second-order valence-corrected chi connectivity index (χ2v) is 9.11. The molecule has 1 saturated heterocycles. The third-order valence-corrected chi connectivity index (χ3v) is 6.90. The summed E-state index contributed by atoms with van der Waals surface area (Å²) in [6.45, 7) is 8.48. The van der Waals surface area contributed by atoms with Crippen LogP contribution in [-0.4, -0.2) is 57.8 Å². The Morgan fingerprint density at radius 1 is 1.17 bits per heavy atom. The van der Waals surface area contributed by atoms with Gasteiger partial charge in [-0.25, -0.2) is 0 Å². The first-order chi connectivity index (χ1) is 14.1. The highest BCUT2D eigenvalue weighted by Crippen LogP contribution is 2.43. The lowest BCUT2D eigenvalue weighted by Crippen LogP contribution is -2.48. The zero-order valence-corrected chi connectivity index (χ0v) is 18.7. The van der Waals surface area contributed by atoms with Crippen molar-refractivity contribution >= 4 is 5.96 Å². The molecule has 1 aliphatic carbocycles. The van der Waals surface area contributed by atoms with E-state index in [4.69, 9.17) is 4.74 Å². The fourth-order valence-electron chi connectivity index (χ4n) is 4.54. The quantitative estimate of drug-likeness (QED) is 0.491. The minimum atomic E-state index is 0.412. The number of ether oxygens (including phenoxy) is 1. The number of methoxy groups -OCH3 is 1. The number of hydrogen-bond donors (Lipinski definition) is 2. The molecule has 0 radical (unpaired) electrons. The van der Waals surface area contributed by atoms with Crippen LogP contribution in [0, 0.1) is 18.3 Å². The average Bonchev–Trinajstić information content (AvgIpc) is 2.72. The van der Waals surface area contributed by atoms with Crippen LogP contribution < -0.4 is 10.6 Å². The Morgan fingerprint density at radius 2 is 1.90 bits per heavy atom. The van der Waals surface area contributed by atoms with E-state index in [9.17, 15) is 0 Å². The molecule has 2 fully saturated rings. The van der Waals surface area contributed by atoms with Gasteiger partial charge in [0, 0.05) is 40.4 Å². The Balaban J connectivity index is 1.35. The summed E-state index contributed by atoms with van der Waals surface area (Å²) in [7, 11) is 3.68. The zero-order valence-electron chi connectivity index (χ0n) is 18.7. The molecule has 1 aliphatic heterocycles. The first-order valence-corrected chi connectivity index (χ1v) is 11.3. The molecule has 0 amide bonds. The molecule has 0 aromatic heterocycles. The van der Waals surface area contributed by atoms with Crippen LogP contribution in [-0.2, 0) is 11.3 Å². The van der Waals surface area contributed by atoms with E-state index in [-0.39, 0.29) is 0 Å². The van der Waals surface area contributed by atoms with Gasteiger partial charge in [-0.3, -0.25) is 9.89 Å². The van der Waals surface area contributed by atoms with Crippen LogP contribution in [0.1, 0.15) is 49.7 Å². The molecule has 1 aromatic rings. The third-order valence-electron chi connectivity index (χ3n) is 6.90. The van der Waals surface area contributed by atoms with Crippen molar-refractivity contribution in [3.63, 3.8) is 0 Å². The molecule has 29 heavy (non-hydrogen) atoms. The second-order valence-electron chi connectivity index (χ2n) is 9.11. The van der Waals surface area contributed by atoms with Gasteiger partial charge in [0.05, 0.1) is 0 Å². The van der Waals surface area contributed by atoms with E-state index in [0.29, 0.717) is 5.41 Å². The van der Waals surface area contributed by atoms with Gasteiger partial charge in [-0.15, -0.1) is 0 Å². The Labute approximate surface area is 177 Å². The summed E-state index contributed by atoms with van der Waals surface area (Å²) >= 11 is 0. The molecule has 3 rings (SSSR count). The van der Waals surface area contributed by atoms with Crippen molar-refractivity contribution in [1.82, 2.24) is 15.5 Å². The Morgan fingerprint density at radius 3 is 2.48 bits per heavy atom. The molecule has 0 unspecified atom stereocenters. The molecule has 2 aliphatic rings. The molecule has 1 saturated carbocycles. The number of aryl methyl sites for hydroxylation is 1. The highest BCUT2D eigenvalue weighted by molar-refractivity contribution is 5.79. The van der Waals surface area contributed by atoms with Crippen molar-refractivity contribution in [1.29, 1.82) is 0 Å². The van der Waals surface area contributed by atoms with E-state index in [1.807, 2.05) is 7.05 Å². The lowest BCUT2D eigenvalue weighted by Gasteiger charge is -2.42. The van der Waals surface area contributed by atoms with Crippen LogP contribution in [0.3, 0.4) is 0 Å². The van der Waals surface area contributed by atoms with Gasteiger partial charge in [0.15, 0.2) is 5.96 Å². The number of benzene rings is 1. The number of aliphatic imine (C=N–C) groups is 1. The van der Waals surface area contributed by atoms with Crippen molar-refractivity contribution in [2.24, 2.45) is 16.3 Å². The molecule has 5 nitrogen and oxygen atoms in total. The van der Waals surface area contributed by atoms with Crippen LogP contribution in [0.2, 0.25) is 0 Å². The van der Waals surface area contributed by atoms with Crippen molar-refractivity contribution in [2.45, 2.75) is 52.0 Å². The number of likely N-dealkylation sites (tertiary alicyclic amines) is 1. The minimum absolute atomic E-state index is 0.412. The molecule has 0 spiro atoms. The SMILES string of the molecule is CN=C(NCC1CCN(Cc2ccc(C)cc2)CC1)NCC1(CCOC)CCC1. The van der Waals surface area contributed by atoms with Gasteiger partial charge in [-0.05, 0) is 69.0 Å². The van der Waals surface area contributed by atoms with Gasteiger partial charge in [-0.2, -0.15) is 0 Å². The van der Waals surface area contributed by atoms with Crippen LogP contribution >= 0.6 is 0 Å². The van der Waals surface area contributed by atoms with Crippen LogP contribution in [0.25, 0.3) is 0 Å². The Bertz CT molecular complexity index is 631. The summed E-state index contributed by atoms with van der Waals surface area (Å²) in [4.78, 5) is 7.03. The first-order valence-electron chi connectivity index (χ1n) is 11.3. The normalized spacial score (nSPS) is 20.3. The van der Waals surface area contributed by atoms with Gasteiger partial charge in [0.25, 0.3) is 0 Å².